The summed E-state index contributed by atoms with van der Waals surface area (Å²) in [5, 5.41) is -0.484. The number of carbonyl (C=O) groups excluding carboxylic acids is 3. The van der Waals surface area contributed by atoms with Gasteiger partial charge in [-0.1, -0.05) is 0 Å². The smallest absolute Gasteiger partial charge is 0.326 e. The first-order chi connectivity index (χ1) is 11.9. The Hall–Kier alpha value is -0.820. The minimum atomic E-state index is -0.607. The van der Waals surface area contributed by atoms with Gasteiger partial charge in [0.05, 0.1) is 21.7 Å². The summed E-state index contributed by atoms with van der Waals surface area (Å²) in [5.74, 6) is -0.440. The van der Waals surface area contributed by atoms with Gasteiger partial charge >= 0.3 is 5.97 Å². The van der Waals surface area contributed by atoms with Gasteiger partial charge in [-0.15, -0.1) is 0 Å². The highest BCUT2D eigenvalue weighted by atomic mass is 127. The fourth-order valence-corrected chi connectivity index (χ4v) is 4.97. The van der Waals surface area contributed by atoms with E-state index in [9.17, 15) is 14.4 Å². The van der Waals surface area contributed by atoms with Gasteiger partial charge in [0.15, 0.2) is 0 Å². The molecule has 0 N–H and O–H groups in total. The summed E-state index contributed by atoms with van der Waals surface area (Å²) >= 11 is 5.16. The molecular weight excluding hydrogens is 572 g/mol. The fraction of sp³-hybridized carbons (Fsp3) is 0.312. The van der Waals surface area contributed by atoms with E-state index in [1.807, 2.05) is 19.1 Å². The largest absolute Gasteiger partial charge is 0.492 e. The van der Waals surface area contributed by atoms with Crippen molar-refractivity contribution in [3.05, 3.63) is 29.7 Å². The number of thioether (sulfide) groups is 1. The van der Waals surface area contributed by atoms with E-state index in [1.54, 1.807) is 13.0 Å². The predicted octanol–water partition coefficient (Wildman–Crippen LogP) is 3.89. The summed E-state index contributed by atoms with van der Waals surface area (Å²) in [4.78, 5) is 37.2. The molecule has 1 aliphatic rings. The van der Waals surface area contributed by atoms with Gasteiger partial charge in [-0.05, 0) is 89.0 Å². The van der Waals surface area contributed by atoms with Crippen molar-refractivity contribution in [1.82, 2.24) is 4.90 Å². The van der Waals surface area contributed by atoms with Crippen LogP contribution in [0.1, 0.15) is 19.4 Å². The van der Waals surface area contributed by atoms with Crippen molar-refractivity contribution >= 4 is 80.1 Å². The van der Waals surface area contributed by atoms with Crippen LogP contribution in [0.15, 0.2) is 17.0 Å². The van der Waals surface area contributed by atoms with Crippen LogP contribution >= 0.6 is 56.9 Å². The molecule has 0 aromatic heterocycles. The summed E-state index contributed by atoms with van der Waals surface area (Å²) in [6.45, 7) is 3.86. The maximum absolute atomic E-state index is 12.5. The van der Waals surface area contributed by atoms with E-state index < -0.39 is 17.1 Å². The second-order valence-corrected chi connectivity index (χ2v) is 8.21. The van der Waals surface area contributed by atoms with Gasteiger partial charge < -0.3 is 9.47 Å². The highest BCUT2D eigenvalue weighted by Gasteiger charge is 2.36. The number of esters is 1. The lowest BCUT2D eigenvalue weighted by molar-refractivity contribution is -0.145. The Morgan fingerprint density at radius 3 is 2.60 bits per heavy atom. The van der Waals surface area contributed by atoms with Gasteiger partial charge in [-0.2, -0.15) is 0 Å². The molecule has 1 aliphatic heterocycles. The summed E-state index contributed by atoms with van der Waals surface area (Å²) in [6.07, 6.45) is 1.63. The molecule has 1 fully saturated rings. The summed E-state index contributed by atoms with van der Waals surface area (Å²) in [5.41, 5.74) is 0.722. The van der Waals surface area contributed by atoms with Crippen LogP contribution in [0, 0.1) is 7.14 Å². The van der Waals surface area contributed by atoms with Gasteiger partial charge in [0, 0.05) is 9.13 Å². The van der Waals surface area contributed by atoms with E-state index in [4.69, 9.17) is 9.47 Å². The van der Waals surface area contributed by atoms with Crippen LogP contribution in [0.4, 0.5) is 4.79 Å². The molecule has 0 radical (unpaired) electrons. The van der Waals surface area contributed by atoms with Crippen LogP contribution in [0.2, 0.25) is 0 Å². The first-order valence-corrected chi connectivity index (χ1v) is 10.4. The number of carbonyl (C=O) groups is 3. The molecule has 1 saturated heterocycles. The number of hydrogen-bond donors (Lipinski definition) is 0. The van der Waals surface area contributed by atoms with Crippen molar-refractivity contribution in [3.8, 4) is 5.75 Å². The first kappa shape index (κ1) is 20.5. The van der Waals surface area contributed by atoms with Gasteiger partial charge in [0.2, 0.25) is 0 Å². The maximum atomic E-state index is 12.5. The number of halogens is 2. The van der Waals surface area contributed by atoms with Crippen LogP contribution < -0.4 is 4.74 Å². The standard InChI is InChI=1S/C16H15I2NO5S/c1-3-23-13(20)8-19-15(21)12(25-16(19)22)6-9-5-10(17)7-11(18)14(9)24-4-2/h5-7H,3-4,8H2,1-2H3/b12-6-. The third-order valence-electron chi connectivity index (χ3n) is 3.08. The monoisotopic (exact) mass is 587 g/mol. The van der Waals surface area contributed by atoms with E-state index in [2.05, 4.69) is 45.2 Å². The molecule has 1 heterocycles. The number of imide groups is 1. The van der Waals surface area contributed by atoms with Crippen molar-refractivity contribution in [3.63, 3.8) is 0 Å². The molecule has 2 rings (SSSR count). The SMILES string of the molecule is CCOC(=O)CN1C(=O)S/C(=C\c2cc(I)cc(I)c2OCC)C1=O. The lowest BCUT2D eigenvalue weighted by Crippen LogP contribution is -2.34. The van der Waals surface area contributed by atoms with E-state index in [-0.39, 0.29) is 18.1 Å². The van der Waals surface area contributed by atoms with E-state index in [0.29, 0.717) is 12.4 Å². The molecule has 0 aliphatic carbocycles. The Kier molecular flexibility index (Phi) is 7.55. The molecule has 0 bridgehead atoms. The Bertz CT molecular complexity index is 750. The molecule has 9 heteroatoms. The van der Waals surface area contributed by atoms with Crippen molar-refractivity contribution in [1.29, 1.82) is 0 Å². The van der Waals surface area contributed by atoms with Gasteiger partial charge in [0.1, 0.15) is 12.3 Å². The summed E-state index contributed by atoms with van der Waals surface area (Å²) in [6, 6.07) is 3.85. The highest BCUT2D eigenvalue weighted by Crippen LogP contribution is 2.36. The van der Waals surface area contributed by atoms with Crippen LogP contribution in [-0.4, -0.2) is 41.8 Å². The quantitative estimate of drug-likeness (QED) is 0.286. The fourth-order valence-electron chi connectivity index (χ4n) is 2.10. The molecule has 0 spiro atoms. The lowest BCUT2D eigenvalue weighted by atomic mass is 10.2. The molecule has 2 amide bonds. The number of hydrogen-bond acceptors (Lipinski definition) is 6. The van der Waals surface area contributed by atoms with Crippen molar-refractivity contribution in [2.75, 3.05) is 19.8 Å². The molecule has 0 saturated carbocycles. The zero-order chi connectivity index (χ0) is 18.6. The molecule has 0 unspecified atom stereocenters. The number of nitrogens with zero attached hydrogens (tertiary/aromatic N) is 1. The van der Waals surface area contributed by atoms with E-state index in [1.165, 1.54) is 0 Å². The number of amides is 2. The average molecular weight is 587 g/mol. The van der Waals surface area contributed by atoms with Crippen LogP contribution in [0.5, 0.6) is 5.75 Å². The minimum Gasteiger partial charge on any atom is -0.492 e. The van der Waals surface area contributed by atoms with Crippen molar-refractivity contribution < 1.29 is 23.9 Å². The molecule has 134 valence electrons. The van der Waals surface area contributed by atoms with Crippen molar-refractivity contribution in [2.24, 2.45) is 0 Å². The van der Waals surface area contributed by atoms with E-state index >= 15 is 0 Å². The minimum absolute atomic E-state index is 0.198. The molecule has 25 heavy (non-hydrogen) atoms. The summed E-state index contributed by atoms with van der Waals surface area (Å²) in [7, 11) is 0. The third-order valence-corrected chi connectivity index (χ3v) is 5.41. The zero-order valence-corrected chi connectivity index (χ0v) is 18.6. The Balaban J connectivity index is 2.32. The van der Waals surface area contributed by atoms with Gasteiger partial charge in [-0.25, -0.2) is 0 Å². The van der Waals surface area contributed by atoms with Gasteiger partial charge in [-0.3, -0.25) is 19.3 Å². The Morgan fingerprint density at radius 2 is 1.96 bits per heavy atom. The average Bonchev–Trinajstić information content (AvgIpc) is 2.78. The number of ether oxygens (including phenoxy) is 2. The second kappa shape index (κ2) is 9.21. The Labute approximate surface area is 177 Å². The zero-order valence-electron chi connectivity index (χ0n) is 13.5. The number of rotatable bonds is 6. The lowest BCUT2D eigenvalue weighted by Gasteiger charge is -2.12. The first-order valence-electron chi connectivity index (χ1n) is 7.40. The Morgan fingerprint density at radius 1 is 1.24 bits per heavy atom. The van der Waals surface area contributed by atoms with Crippen LogP contribution in [0.3, 0.4) is 0 Å². The molecule has 1 aromatic carbocycles. The van der Waals surface area contributed by atoms with Crippen LogP contribution in [-0.2, 0) is 14.3 Å². The van der Waals surface area contributed by atoms with Crippen molar-refractivity contribution in [2.45, 2.75) is 13.8 Å². The summed E-state index contributed by atoms with van der Waals surface area (Å²) < 4.78 is 12.4. The number of benzene rings is 1. The predicted molar refractivity (Wildman–Crippen MR) is 112 cm³/mol. The van der Waals surface area contributed by atoms with Crippen LogP contribution in [0.25, 0.3) is 6.08 Å². The maximum Gasteiger partial charge on any atom is 0.326 e. The van der Waals surface area contributed by atoms with E-state index in [0.717, 1.165) is 29.4 Å². The molecule has 0 atom stereocenters. The topological polar surface area (TPSA) is 72.9 Å². The highest BCUT2D eigenvalue weighted by molar-refractivity contribution is 14.1. The molecule has 1 aromatic rings. The second-order valence-electron chi connectivity index (χ2n) is 4.81. The molecule has 6 nitrogen and oxygen atoms in total. The van der Waals surface area contributed by atoms with Gasteiger partial charge in [0.25, 0.3) is 11.1 Å². The normalized spacial score (nSPS) is 15.8. The third kappa shape index (κ3) is 5.09. The molecular formula is C16H15I2NO5S.